The number of carbonyl (C=O) groups excluding carboxylic acids is 1. The molecule has 3 heteroatoms. The zero-order valence-electron chi connectivity index (χ0n) is 22.5. The first-order valence-electron chi connectivity index (χ1n) is 12.7. The molecule has 1 atom stereocenters. The summed E-state index contributed by atoms with van der Waals surface area (Å²) < 4.78 is 6.45. The number of benzene rings is 3. The van der Waals surface area contributed by atoms with Crippen LogP contribution in [0.15, 0.2) is 48.5 Å². The monoisotopic (exact) mass is 469 g/mol. The lowest BCUT2D eigenvalue weighted by molar-refractivity contribution is -0.117. The van der Waals surface area contributed by atoms with E-state index in [-0.39, 0.29) is 17.2 Å². The van der Waals surface area contributed by atoms with Gasteiger partial charge in [0.1, 0.15) is 5.75 Å². The fourth-order valence-corrected chi connectivity index (χ4v) is 5.13. The van der Waals surface area contributed by atoms with Crippen molar-refractivity contribution < 1.29 is 9.53 Å². The van der Waals surface area contributed by atoms with Gasteiger partial charge in [0.25, 0.3) is 0 Å². The van der Waals surface area contributed by atoms with Crippen LogP contribution < -0.4 is 10.1 Å². The summed E-state index contributed by atoms with van der Waals surface area (Å²) in [6.07, 6.45) is 0.472. The maximum Gasteiger partial charge on any atom is 0.224 e. The van der Waals surface area contributed by atoms with Crippen molar-refractivity contribution in [2.45, 2.75) is 73.6 Å². The summed E-state index contributed by atoms with van der Waals surface area (Å²) in [5.41, 5.74) is 10.2. The number of aryl methyl sites for hydroxylation is 1. The second kappa shape index (κ2) is 9.53. The first-order chi connectivity index (χ1) is 16.5. The van der Waals surface area contributed by atoms with Gasteiger partial charge in [-0.3, -0.25) is 4.79 Å². The molecule has 1 amide bonds. The topological polar surface area (TPSA) is 38.3 Å². The minimum atomic E-state index is -0.0772. The van der Waals surface area contributed by atoms with Crippen molar-refractivity contribution in [3.63, 3.8) is 0 Å². The molecule has 0 saturated carbocycles. The molecule has 1 unspecified atom stereocenters. The van der Waals surface area contributed by atoms with Crippen molar-refractivity contribution in [3.8, 4) is 16.9 Å². The predicted octanol–water partition coefficient (Wildman–Crippen LogP) is 8.30. The van der Waals surface area contributed by atoms with E-state index in [0.29, 0.717) is 18.9 Å². The quantitative estimate of drug-likeness (QED) is 0.408. The van der Waals surface area contributed by atoms with Crippen molar-refractivity contribution >= 4 is 11.6 Å². The van der Waals surface area contributed by atoms with Crippen LogP contribution in [-0.2, 0) is 4.79 Å². The van der Waals surface area contributed by atoms with Crippen LogP contribution in [0.25, 0.3) is 11.1 Å². The molecule has 0 saturated heterocycles. The Kier molecular flexibility index (Phi) is 6.81. The highest BCUT2D eigenvalue weighted by Crippen LogP contribution is 2.51. The standard InChI is InChI=1S/C32H39NO2/c1-19(2)23-13-15-24(16-14-23)26-18-35-31-28(25-11-9-20(3)10-12-25)21(4)30(22(5)29(26)31)33-27(34)17-32(6,7)8/h9-16,19,26H,17-18H2,1-8H3,(H,33,34). The maximum absolute atomic E-state index is 13.0. The summed E-state index contributed by atoms with van der Waals surface area (Å²) in [6.45, 7) is 17.7. The Morgan fingerprint density at radius 3 is 2.17 bits per heavy atom. The number of hydrogen-bond acceptors (Lipinski definition) is 2. The molecule has 1 heterocycles. The van der Waals surface area contributed by atoms with Crippen molar-refractivity contribution in [2.75, 3.05) is 11.9 Å². The third-order valence-corrected chi connectivity index (χ3v) is 7.04. The normalized spacial score (nSPS) is 15.2. The van der Waals surface area contributed by atoms with E-state index in [1.54, 1.807) is 0 Å². The van der Waals surface area contributed by atoms with Gasteiger partial charge in [-0.2, -0.15) is 0 Å². The summed E-state index contributed by atoms with van der Waals surface area (Å²) in [5, 5.41) is 3.29. The first-order valence-corrected chi connectivity index (χ1v) is 12.7. The van der Waals surface area contributed by atoms with Crippen LogP contribution in [0, 0.1) is 26.2 Å². The van der Waals surface area contributed by atoms with E-state index < -0.39 is 0 Å². The van der Waals surface area contributed by atoms with Gasteiger partial charge in [-0.15, -0.1) is 0 Å². The number of nitrogens with one attached hydrogen (secondary N) is 1. The van der Waals surface area contributed by atoms with Gasteiger partial charge in [-0.1, -0.05) is 88.7 Å². The summed E-state index contributed by atoms with van der Waals surface area (Å²) in [6, 6.07) is 17.5. The summed E-state index contributed by atoms with van der Waals surface area (Å²) in [7, 11) is 0. The van der Waals surface area contributed by atoms with Gasteiger partial charge in [-0.25, -0.2) is 0 Å². The zero-order valence-corrected chi connectivity index (χ0v) is 22.5. The number of hydrogen-bond donors (Lipinski definition) is 1. The SMILES string of the molecule is Cc1ccc(-c2c(C)c(NC(=O)CC(C)(C)C)c(C)c3c2OCC3c2ccc(C(C)C)cc2)cc1. The third kappa shape index (κ3) is 5.15. The van der Waals surface area contributed by atoms with Gasteiger partial charge >= 0.3 is 0 Å². The van der Waals surface area contributed by atoms with Crippen molar-refractivity contribution in [1.29, 1.82) is 0 Å². The molecule has 4 rings (SSSR count). The van der Waals surface area contributed by atoms with Gasteiger partial charge in [0.2, 0.25) is 5.91 Å². The molecule has 0 aromatic heterocycles. The van der Waals surface area contributed by atoms with Gasteiger partial charge in [0.15, 0.2) is 0 Å². The lowest BCUT2D eigenvalue weighted by Crippen LogP contribution is -2.21. The molecule has 184 valence electrons. The van der Waals surface area contributed by atoms with Crippen molar-refractivity contribution in [2.24, 2.45) is 5.41 Å². The average Bonchev–Trinajstić information content (AvgIpc) is 3.22. The molecule has 0 aliphatic carbocycles. The Bertz CT molecular complexity index is 1230. The van der Waals surface area contributed by atoms with Gasteiger partial charge in [-0.05, 0) is 59.9 Å². The summed E-state index contributed by atoms with van der Waals surface area (Å²) in [4.78, 5) is 13.0. The summed E-state index contributed by atoms with van der Waals surface area (Å²) >= 11 is 0. The van der Waals surface area contributed by atoms with Crippen molar-refractivity contribution in [1.82, 2.24) is 0 Å². The fraction of sp³-hybridized carbons (Fsp3) is 0.406. The molecule has 1 aliphatic heterocycles. The molecule has 0 spiro atoms. The van der Waals surface area contributed by atoms with E-state index in [4.69, 9.17) is 4.74 Å². The predicted molar refractivity (Wildman–Crippen MR) is 147 cm³/mol. The third-order valence-electron chi connectivity index (χ3n) is 7.04. The highest BCUT2D eigenvalue weighted by Gasteiger charge is 2.34. The molecule has 3 aromatic rings. The second-order valence-corrected chi connectivity index (χ2v) is 11.6. The number of ether oxygens (including phenoxy) is 1. The van der Waals surface area contributed by atoms with Crippen LogP contribution in [0.4, 0.5) is 5.69 Å². The molecular formula is C32H39NO2. The number of amides is 1. The average molecular weight is 470 g/mol. The Morgan fingerprint density at radius 2 is 1.60 bits per heavy atom. The largest absolute Gasteiger partial charge is 0.492 e. The maximum atomic E-state index is 13.0. The number of fused-ring (bicyclic) bond motifs is 1. The Labute approximate surface area is 210 Å². The van der Waals surface area contributed by atoms with Crippen LogP contribution >= 0.6 is 0 Å². The van der Waals surface area contributed by atoms with E-state index >= 15 is 0 Å². The fourth-order valence-electron chi connectivity index (χ4n) is 5.13. The second-order valence-electron chi connectivity index (χ2n) is 11.6. The Morgan fingerprint density at radius 1 is 0.971 bits per heavy atom. The van der Waals surface area contributed by atoms with Gasteiger partial charge in [0.05, 0.1) is 6.61 Å². The molecule has 1 aliphatic rings. The zero-order chi connectivity index (χ0) is 25.5. The Balaban J connectivity index is 1.87. The number of anilines is 1. The molecule has 35 heavy (non-hydrogen) atoms. The first kappa shape index (κ1) is 25.0. The molecular weight excluding hydrogens is 430 g/mol. The molecule has 0 bridgehead atoms. The van der Waals surface area contributed by atoms with Crippen molar-refractivity contribution in [3.05, 3.63) is 81.9 Å². The van der Waals surface area contributed by atoms with Gasteiger partial charge < -0.3 is 10.1 Å². The van der Waals surface area contributed by atoms with Crippen LogP contribution in [-0.4, -0.2) is 12.5 Å². The van der Waals surface area contributed by atoms with E-state index in [9.17, 15) is 4.79 Å². The van der Waals surface area contributed by atoms with Crippen LogP contribution in [0.2, 0.25) is 0 Å². The molecule has 3 aromatic carbocycles. The molecule has 0 fully saturated rings. The highest BCUT2D eigenvalue weighted by molar-refractivity contribution is 5.96. The van der Waals surface area contributed by atoms with E-state index in [2.05, 4.69) is 109 Å². The van der Waals surface area contributed by atoms with Crippen LogP contribution in [0.1, 0.15) is 86.3 Å². The molecule has 0 radical (unpaired) electrons. The van der Waals surface area contributed by atoms with Gasteiger partial charge in [0, 0.05) is 29.2 Å². The minimum Gasteiger partial charge on any atom is -0.492 e. The lowest BCUT2D eigenvalue weighted by atomic mass is 9.84. The minimum absolute atomic E-state index is 0.0512. The lowest BCUT2D eigenvalue weighted by Gasteiger charge is -2.23. The van der Waals surface area contributed by atoms with Crippen LogP contribution in [0.5, 0.6) is 5.75 Å². The van der Waals surface area contributed by atoms with E-state index in [1.807, 2.05) is 0 Å². The molecule has 1 N–H and O–H groups in total. The van der Waals surface area contributed by atoms with E-state index in [0.717, 1.165) is 33.7 Å². The smallest absolute Gasteiger partial charge is 0.224 e. The van der Waals surface area contributed by atoms with Crippen LogP contribution in [0.3, 0.4) is 0 Å². The highest BCUT2D eigenvalue weighted by atomic mass is 16.5. The number of carbonyl (C=O) groups is 1. The molecule has 3 nitrogen and oxygen atoms in total. The number of rotatable bonds is 5. The Hall–Kier alpha value is -3.07. The summed E-state index contributed by atoms with van der Waals surface area (Å²) in [5.74, 6) is 1.64. The van der Waals surface area contributed by atoms with E-state index in [1.165, 1.54) is 22.3 Å².